The number of rotatable bonds is 14. The van der Waals surface area contributed by atoms with Gasteiger partial charge in [0.25, 0.3) is 0 Å². The highest BCUT2D eigenvalue weighted by molar-refractivity contribution is 7.89. The van der Waals surface area contributed by atoms with Crippen LogP contribution in [-0.2, 0) is 37.2 Å². The molecule has 13 nitrogen and oxygen atoms in total. The maximum Gasteiger partial charge on any atom is 0.407 e. The van der Waals surface area contributed by atoms with Crippen molar-refractivity contribution in [1.29, 1.82) is 0 Å². The minimum absolute atomic E-state index is 0.0255. The fraction of sp³-hybridized carbons (Fsp3) is 0.515. The second-order valence-corrected chi connectivity index (χ2v) is 13.5. The van der Waals surface area contributed by atoms with Crippen LogP contribution in [0, 0.1) is 18.7 Å². The molecule has 2 N–H and O–H groups in total. The van der Waals surface area contributed by atoms with Gasteiger partial charge in [0.2, 0.25) is 16.8 Å². The van der Waals surface area contributed by atoms with E-state index >= 15 is 0 Å². The summed E-state index contributed by atoms with van der Waals surface area (Å²) in [4.78, 5) is 16.7. The van der Waals surface area contributed by atoms with Gasteiger partial charge in [0.15, 0.2) is 17.8 Å². The van der Waals surface area contributed by atoms with Crippen LogP contribution in [0.1, 0.15) is 58.3 Å². The van der Waals surface area contributed by atoms with E-state index < -0.39 is 120 Å². The molecule has 1 aromatic heterocycles. The fourth-order valence-electron chi connectivity index (χ4n) is 4.89. The van der Waals surface area contributed by atoms with E-state index in [9.17, 15) is 19.7 Å². The lowest BCUT2D eigenvalue weighted by atomic mass is 10.0. The van der Waals surface area contributed by atoms with E-state index in [2.05, 4.69) is 10.3 Å². The second kappa shape index (κ2) is 15.0. The maximum absolute atomic E-state index is 14.6. The van der Waals surface area contributed by atoms with Gasteiger partial charge in [0.1, 0.15) is 21.1 Å². The summed E-state index contributed by atoms with van der Waals surface area (Å²) in [6.45, 7) is -18.9. The number of sulfonamides is 1. The van der Waals surface area contributed by atoms with E-state index in [1.54, 1.807) is 6.92 Å². The number of aryl methyl sites for hydroxylation is 1. The molecule has 3 aliphatic heterocycles. The molecule has 48 heavy (non-hydrogen) atoms. The van der Waals surface area contributed by atoms with Crippen LogP contribution in [-0.4, -0.2) is 86.4 Å². The van der Waals surface area contributed by atoms with Crippen LogP contribution in [0.25, 0.3) is 0 Å². The fourth-order valence-corrected chi connectivity index (χ4v) is 6.68. The molecule has 3 aromatic rings. The molecule has 1 amide bonds. The Hall–Kier alpha value is -3.47. The molecule has 3 aliphatic rings. The molecule has 0 saturated carbocycles. The molecule has 2 fully saturated rings. The lowest BCUT2D eigenvalue weighted by molar-refractivity contribution is -0.0907. The highest BCUT2D eigenvalue weighted by Crippen LogP contribution is 2.35. The van der Waals surface area contributed by atoms with Gasteiger partial charge in [-0.25, -0.2) is 18.2 Å². The number of hydrogen-bond acceptors (Lipinski definition) is 12. The summed E-state index contributed by atoms with van der Waals surface area (Å²) in [5.41, 5.74) is 0.0669. The van der Waals surface area contributed by atoms with Crippen LogP contribution in [0.2, 0.25) is 0 Å². The van der Waals surface area contributed by atoms with Crippen molar-refractivity contribution in [2.45, 2.75) is 69.4 Å². The summed E-state index contributed by atoms with van der Waals surface area (Å²) in [5.74, 6) is -6.48. The van der Waals surface area contributed by atoms with Crippen LogP contribution in [0.5, 0.6) is 17.2 Å². The van der Waals surface area contributed by atoms with E-state index in [-0.39, 0.29) is 35.8 Å². The van der Waals surface area contributed by atoms with Gasteiger partial charge in [-0.15, -0.1) is 11.3 Å². The van der Waals surface area contributed by atoms with E-state index in [1.807, 2.05) is 0 Å². The van der Waals surface area contributed by atoms with Crippen LogP contribution < -0.4 is 19.5 Å². The van der Waals surface area contributed by atoms with Gasteiger partial charge >= 0.3 is 6.09 Å². The zero-order valence-corrected chi connectivity index (χ0v) is 26.8. The molecule has 0 bridgehead atoms. The SMILES string of the molecule is [2H]C1([2H])Oc2ccc(S(=O)(=O)N(C[C@@]([2H])(O)[C@H](Cc3ccc(OC([2H])([2H])c4csc(C)n4)cc3)NC(=O)O[C@@]3([2H])CO[C@@]4([2H])OCC[C@H]43)C([2H])([2H])C([2H])(C([2H])([2H])[2H])C([2H])([2H])[2H])cc2O1. The summed E-state index contributed by atoms with van der Waals surface area (Å²) in [5, 5.41) is 16.2. The van der Waals surface area contributed by atoms with Crippen LogP contribution in [0.4, 0.5) is 4.79 Å². The Balaban J connectivity index is 1.41. The number of carbonyl (C=O) groups is 1. The van der Waals surface area contributed by atoms with Gasteiger partial charge in [-0.3, -0.25) is 0 Å². The van der Waals surface area contributed by atoms with Gasteiger partial charge in [-0.2, -0.15) is 4.31 Å². The number of thiazole rings is 1. The number of benzene rings is 2. The second-order valence-electron chi connectivity index (χ2n) is 10.5. The highest BCUT2D eigenvalue weighted by atomic mass is 32.2. The van der Waals surface area contributed by atoms with Crippen molar-refractivity contribution in [3.8, 4) is 17.2 Å². The topological polar surface area (TPSA) is 155 Å². The third-order valence-corrected chi connectivity index (χ3v) is 9.63. The summed E-state index contributed by atoms with van der Waals surface area (Å²) >= 11 is 1.18. The van der Waals surface area contributed by atoms with Crippen LogP contribution in [0.3, 0.4) is 0 Å². The van der Waals surface area contributed by atoms with Crippen molar-refractivity contribution in [3.63, 3.8) is 0 Å². The molecule has 6 rings (SSSR count). The first-order valence-corrected chi connectivity index (χ1v) is 16.6. The number of nitrogens with one attached hydrogen (secondary N) is 1. The van der Waals surface area contributed by atoms with E-state index in [0.29, 0.717) is 17.1 Å². The van der Waals surface area contributed by atoms with Crippen molar-refractivity contribution >= 4 is 27.5 Å². The lowest BCUT2D eigenvalue weighted by Crippen LogP contribution is -2.51. The molecule has 5 atom stereocenters. The Morgan fingerprint density at radius 2 is 2.08 bits per heavy atom. The molecule has 15 heteroatoms. The maximum atomic E-state index is 14.6. The molecule has 0 spiro atoms. The number of amides is 1. The molecule has 2 saturated heterocycles. The third-order valence-electron chi connectivity index (χ3n) is 7.20. The average molecular weight is 720 g/mol. The molecular formula is C33H41N3O10S2. The zero-order chi connectivity index (χ0) is 47.9. The normalized spacial score (nSPS) is 32.4. The number of carbonyl (C=O) groups excluding carboxylic acids is 1. The minimum Gasteiger partial charge on any atom is -0.487 e. The minimum atomic E-state index is -5.76. The number of aromatic nitrogens is 1. The van der Waals surface area contributed by atoms with Gasteiger partial charge in [-0.1, -0.05) is 25.8 Å². The Labute approximate surface area is 306 Å². The number of ether oxygens (including phenoxy) is 6. The summed E-state index contributed by atoms with van der Waals surface area (Å²) in [6.07, 6.45) is -10.1. The largest absolute Gasteiger partial charge is 0.487 e. The summed E-state index contributed by atoms with van der Waals surface area (Å²) in [6, 6.07) is 5.11. The number of alkyl carbamates (subject to hydrolysis) is 1. The van der Waals surface area contributed by atoms with Gasteiger partial charge in [0.05, 0.1) is 53.7 Å². The standard InChI is InChI=1S/C33H41N3O10S2/c1-20(2)14-36(48(39,40)25-8-9-29-30(13-25)45-19-44-29)15-28(37)27(35-33(38)46-31-17-43-32-26(31)10-11-41-32)12-22-4-6-24(7-5-22)42-16-23-18-47-21(3)34-23/h4-9,13,18,20,26-28,31-32,37H,10-12,14-17,19H2,1-3H3,(H,35,38)/t26-,27-,28+,31-,32+/m0/s1/i1D3,2D3,14D2,16D2,19D2,20D,28D,31D,32D. The highest BCUT2D eigenvalue weighted by Gasteiger charge is 2.44. The Kier molecular flexibility index (Phi) is 6.13. The van der Waals surface area contributed by atoms with Crippen molar-refractivity contribution in [3.05, 3.63) is 64.1 Å². The van der Waals surface area contributed by atoms with Gasteiger partial charge in [-0.05, 0) is 55.5 Å². The smallest absolute Gasteiger partial charge is 0.407 e. The number of fused-ring (bicyclic) bond motifs is 2. The van der Waals surface area contributed by atoms with Crippen molar-refractivity contribution in [1.82, 2.24) is 14.6 Å². The first-order chi connectivity index (χ1) is 29.1. The molecule has 0 aliphatic carbocycles. The molecular weight excluding hydrogens is 663 g/mol. The number of aliphatic hydroxyl groups is 1. The summed E-state index contributed by atoms with van der Waals surface area (Å²) in [7, 11) is -5.76. The molecule has 2 aromatic carbocycles. The first kappa shape index (κ1) is 19.6. The van der Waals surface area contributed by atoms with Crippen molar-refractivity contribution in [2.75, 3.05) is 33.0 Å². The van der Waals surface area contributed by atoms with Crippen molar-refractivity contribution in [2.24, 2.45) is 11.8 Å². The number of hydrogen-bond donors (Lipinski definition) is 2. The number of nitrogens with zero attached hydrogens (tertiary/aromatic N) is 2. The molecule has 0 unspecified atom stereocenters. The first-order valence-electron chi connectivity index (χ1n) is 22.3. The molecule has 260 valence electrons. The van der Waals surface area contributed by atoms with Crippen LogP contribution in [0.15, 0.2) is 52.7 Å². The predicted molar refractivity (Wildman–Crippen MR) is 174 cm³/mol. The Morgan fingerprint density at radius 3 is 2.85 bits per heavy atom. The third kappa shape index (κ3) is 8.21. The average Bonchev–Trinajstić information content (AvgIpc) is 3.91. The molecule has 0 radical (unpaired) electrons. The molecule has 4 heterocycles. The van der Waals surface area contributed by atoms with E-state index in [1.165, 1.54) is 41.0 Å². The van der Waals surface area contributed by atoms with E-state index in [4.69, 9.17) is 49.0 Å². The monoisotopic (exact) mass is 719 g/mol. The summed E-state index contributed by atoms with van der Waals surface area (Å²) < 4.78 is 193. The Morgan fingerprint density at radius 1 is 1.27 bits per heavy atom. The predicted octanol–water partition coefficient (Wildman–Crippen LogP) is 3.87. The lowest BCUT2D eigenvalue weighted by Gasteiger charge is -2.31. The van der Waals surface area contributed by atoms with Gasteiger partial charge < -0.3 is 38.8 Å². The van der Waals surface area contributed by atoms with Gasteiger partial charge in [0, 0.05) is 36.8 Å². The van der Waals surface area contributed by atoms with Crippen LogP contribution >= 0.6 is 11.3 Å². The Bertz CT molecular complexity index is 2340. The quantitative estimate of drug-likeness (QED) is 0.250. The van der Waals surface area contributed by atoms with E-state index in [0.717, 1.165) is 6.07 Å². The zero-order valence-electron chi connectivity index (χ0n) is 41.1. The van der Waals surface area contributed by atoms with Crippen molar-refractivity contribution < 1.29 is 68.7 Å².